The molecule has 0 aromatic heterocycles. The van der Waals surface area contributed by atoms with Crippen molar-refractivity contribution in [3.05, 3.63) is 0 Å². The van der Waals surface area contributed by atoms with E-state index in [4.69, 9.17) is 4.74 Å². The van der Waals surface area contributed by atoms with Crippen molar-refractivity contribution in [1.82, 2.24) is 5.32 Å². The van der Waals surface area contributed by atoms with E-state index in [1.807, 2.05) is 32.5 Å². The van der Waals surface area contributed by atoms with Crippen LogP contribution in [0.1, 0.15) is 34.6 Å². The molecule has 0 rings (SSSR count). The van der Waals surface area contributed by atoms with Crippen molar-refractivity contribution >= 4 is 11.8 Å². The van der Waals surface area contributed by atoms with Crippen LogP contribution in [0.2, 0.25) is 0 Å². The Bertz CT molecular complexity index is 171. The molecule has 2 unspecified atom stereocenters. The number of rotatable bonds is 8. The molecule has 2 N–H and O–H groups in total. The first-order chi connectivity index (χ1) is 7.35. The lowest BCUT2D eigenvalue weighted by atomic mass is 10.2. The molecule has 0 aliphatic heterocycles. The molecule has 0 bridgehead atoms. The van der Waals surface area contributed by atoms with Crippen molar-refractivity contribution in [2.75, 3.05) is 24.7 Å². The Kier molecular flexibility index (Phi) is 8.46. The third kappa shape index (κ3) is 10.7. The average Bonchev–Trinajstić information content (AvgIpc) is 2.19. The first-order valence-corrected chi connectivity index (χ1v) is 7.13. The van der Waals surface area contributed by atoms with Gasteiger partial charge in [0.05, 0.1) is 18.3 Å². The fraction of sp³-hybridized carbons (Fsp3) is 1.00. The molecule has 3 nitrogen and oxygen atoms in total. The topological polar surface area (TPSA) is 41.5 Å². The summed E-state index contributed by atoms with van der Waals surface area (Å²) in [6.07, 6.45) is -0.423. The molecule has 0 fully saturated rings. The molecule has 0 radical (unpaired) electrons. The molecule has 16 heavy (non-hydrogen) atoms. The molecular formula is C12H27NO2S. The van der Waals surface area contributed by atoms with Crippen molar-refractivity contribution < 1.29 is 9.84 Å². The summed E-state index contributed by atoms with van der Waals surface area (Å²) in [5.74, 6) is 2.23. The Labute approximate surface area is 104 Å². The van der Waals surface area contributed by atoms with Crippen LogP contribution < -0.4 is 5.32 Å². The highest BCUT2D eigenvalue weighted by molar-refractivity contribution is 7.99. The van der Waals surface area contributed by atoms with Gasteiger partial charge in [0.1, 0.15) is 0 Å². The highest BCUT2D eigenvalue weighted by atomic mass is 32.2. The van der Waals surface area contributed by atoms with Gasteiger partial charge in [-0.3, -0.25) is 0 Å². The molecular weight excluding hydrogens is 222 g/mol. The highest BCUT2D eigenvalue weighted by Gasteiger charge is 2.13. The first kappa shape index (κ1) is 16.2. The Morgan fingerprint density at radius 2 is 2.00 bits per heavy atom. The van der Waals surface area contributed by atoms with Crippen LogP contribution in [0.4, 0.5) is 0 Å². The maximum atomic E-state index is 9.69. The van der Waals surface area contributed by atoms with E-state index in [-0.39, 0.29) is 5.60 Å². The maximum Gasteiger partial charge on any atom is 0.0898 e. The molecule has 0 aliphatic rings. The molecule has 0 aliphatic carbocycles. The van der Waals surface area contributed by atoms with Crippen molar-refractivity contribution in [2.24, 2.45) is 0 Å². The van der Waals surface area contributed by atoms with Crippen LogP contribution in [0.3, 0.4) is 0 Å². The summed E-state index contributed by atoms with van der Waals surface area (Å²) < 4.78 is 5.51. The third-order valence-corrected chi connectivity index (χ3v) is 3.13. The normalized spacial score (nSPS) is 16.1. The zero-order valence-electron chi connectivity index (χ0n) is 11.2. The minimum Gasteiger partial charge on any atom is -0.389 e. The molecule has 0 heterocycles. The molecule has 0 saturated carbocycles. The summed E-state index contributed by atoms with van der Waals surface area (Å²) in [4.78, 5) is 0. The smallest absolute Gasteiger partial charge is 0.0898 e. The van der Waals surface area contributed by atoms with Gasteiger partial charge in [-0.25, -0.2) is 0 Å². The van der Waals surface area contributed by atoms with E-state index in [2.05, 4.69) is 19.2 Å². The minimum atomic E-state index is -0.423. The lowest BCUT2D eigenvalue weighted by molar-refractivity contribution is -0.0481. The van der Waals surface area contributed by atoms with E-state index in [1.54, 1.807) is 0 Å². The second-order valence-electron chi connectivity index (χ2n) is 5.05. The number of aliphatic hydroxyl groups excluding tert-OH is 1. The first-order valence-electron chi connectivity index (χ1n) is 5.98. The van der Waals surface area contributed by atoms with Gasteiger partial charge in [0.25, 0.3) is 0 Å². The number of nitrogens with one attached hydrogen (secondary N) is 1. The van der Waals surface area contributed by atoms with E-state index in [0.29, 0.717) is 19.2 Å². The lowest BCUT2D eigenvalue weighted by Crippen LogP contribution is -2.38. The SMILES string of the molecule is CCSCC(C)NCC(O)COC(C)(C)C. The summed E-state index contributed by atoms with van der Waals surface area (Å²) in [5, 5.41) is 13.0. The summed E-state index contributed by atoms with van der Waals surface area (Å²) in [7, 11) is 0. The average molecular weight is 249 g/mol. The van der Waals surface area contributed by atoms with E-state index < -0.39 is 6.10 Å². The van der Waals surface area contributed by atoms with Crippen LogP contribution >= 0.6 is 11.8 Å². The van der Waals surface area contributed by atoms with Crippen LogP contribution in [0, 0.1) is 0 Å². The van der Waals surface area contributed by atoms with E-state index in [9.17, 15) is 5.11 Å². The van der Waals surface area contributed by atoms with E-state index in [0.717, 1.165) is 11.5 Å². The van der Waals surface area contributed by atoms with Crippen LogP contribution in [0.5, 0.6) is 0 Å². The molecule has 0 spiro atoms. The predicted molar refractivity (Wildman–Crippen MR) is 72.2 cm³/mol. The number of ether oxygens (including phenoxy) is 1. The van der Waals surface area contributed by atoms with Crippen LogP contribution in [0.15, 0.2) is 0 Å². The van der Waals surface area contributed by atoms with E-state index >= 15 is 0 Å². The molecule has 4 heteroatoms. The Hall–Kier alpha value is 0.230. The van der Waals surface area contributed by atoms with Gasteiger partial charge in [-0.15, -0.1) is 0 Å². The van der Waals surface area contributed by atoms with Gasteiger partial charge in [-0.2, -0.15) is 11.8 Å². The number of hydrogen-bond acceptors (Lipinski definition) is 4. The minimum absolute atomic E-state index is 0.176. The van der Waals surface area contributed by atoms with E-state index in [1.165, 1.54) is 0 Å². The second kappa shape index (κ2) is 8.34. The third-order valence-electron chi connectivity index (χ3n) is 1.98. The van der Waals surface area contributed by atoms with Gasteiger partial charge in [0.15, 0.2) is 0 Å². The zero-order chi connectivity index (χ0) is 12.6. The van der Waals surface area contributed by atoms with Gasteiger partial charge in [0, 0.05) is 18.3 Å². The second-order valence-corrected chi connectivity index (χ2v) is 6.36. The largest absolute Gasteiger partial charge is 0.389 e. The summed E-state index contributed by atoms with van der Waals surface area (Å²) in [6, 6.07) is 0.439. The monoisotopic (exact) mass is 249 g/mol. The maximum absolute atomic E-state index is 9.69. The molecule has 0 amide bonds. The summed E-state index contributed by atoms with van der Waals surface area (Å²) in [6.45, 7) is 11.3. The fourth-order valence-corrected chi connectivity index (χ4v) is 1.80. The van der Waals surface area contributed by atoms with Crippen molar-refractivity contribution in [3.63, 3.8) is 0 Å². The number of hydrogen-bond donors (Lipinski definition) is 2. The van der Waals surface area contributed by atoms with Crippen LogP contribution in [0.25, 0.3) is 0 Å². The van der Waals surface area contributed by atoms with Gasteiger partial charge >= 0.3 is 0 Å². The predicted octanol–water partition coefficient (Wildman–Crippen LogP) is 1.89. The van der Waals surface area contributed by atoms with Gasteiger partial charge in [0.2, 0.25) is 0 Å². The molecule has 0 aromatic carbocycles. The number of aliphatic hydroxyl groups is 1. The Morgan fingerprint density at radius 1 is 1.38 bits per heavy atom. The molecule has 0 aromatic rings. The molecule has 0 saturated heterocycles. The molecule has 2 atom stereocenters. The van der Waals surface area contributed by atoms with Crippen molar-refractivity contribution in [3.8, 4) is 0 Å². The standard InChI is InChI=1S/C12H27NO2S/c1-6-16-9-10(2)13-7-11(14)8-15-12(3,4)5/h10-11,13-14H,6-9H2,1-5H3. The highest BCUT2D eigenvalue weighted by Crippen LogP contribution is 2.07. The number of thioether (sulfide) groups is 1. The van der Waals surface area contributed by atoms with Gasteiger partial charge in [-0.05, 0) is 33.4 Å². The molecule has 98 valence electrons. The fourth-order valence-electron chi connectivity index (χ4n) is 1.10. The lowest BCUT2D eigenvalue weighted by Gasteiger charge is -2.23. The quantitative estimate of drug-likeness (QED) is 0.689. The van der Waals surface area contributed by atoms with Gasteiger partial charge < -0.3 is 15.2 Å². The van der Waals surface area contributed by atoms with Crippen LogP contribution in [-0.2, 0) is 4.74 Å². The van der Waals surface area contributed by atoms with Crippen LogP contribution in [-0.4, -0.2) is 47.5 Å². The Balaban J connectivity index is 3.53. The van der Waals surface area contributed by atoms with Crippen molar-refractivity contribution in [1.29, 1.82) is 0 Å². The van der Waals surface area contributed by atoms with Gasteiger partial charge in [-0.1, -0.05) is 6.92 Å². The van der Waals surface area contributed by atoms with Crippen molar-refractivity contribution in [2.45, 2.75) is 52.4 Å². The summed E-state index contributed by atoms with van der Waals surface area (Å²) in [5.41, 5.74) is -0.176. The summed E-state index contributed by atoms with van der Waals surface area (Å²) >= 11 is 1.91. The zero-order valence-corrected chi connectivity index (χ0v) is 12.1. The Morgan fingerprint density at radius 3 is 2.50 bits per heavy atom.